The van der Waals surface area contributed by atoms with Crippen molar-refractivity contribution in [3.05, 3.63) is 34.3 Å². The van der Waals surface area contributed by atoms with Crippen LogP contribution in [0.5, 0.6) is 0 Å². The van der Waals surface area contributed by atoms with Crippen LogP contribution < -0.4 is 15.4 Å². The third-order valence-corrected chi connectivity index (χ3v) is 6.02. The van der Waals surface area contributed by atoms with Crippen molar-refractivity contribution in [1.82, 2.24) is 4.98 Å². The van der Waals surface area contributed by atoms with Crippen molar-refractivity contribution in [3.63, 3.8) is 0 Å². The first-order valence-corrected chi connectivity index (χ1v) is 10.3. The van der Waals surface area contributed by atoms with Crippen LogP contribution in [0.1, 0.15) is 23.1 Å². The smallest absolute Gasteiger partial charge is 0.245 e. The van der Waals surface area contributed by atoms with E-state index in [1.807, 2.05) is 18.7 Å². The van der Waals surface area contributed by atoms with Crippen LogP contribution in [0.25, 0.3) is 0 Å². The number of nitrogens with one attached hydrogen (secondary N) is 1. The number of fused-ring (bicyclic) bond motifs is 1. The highest BCUT2D eigenvalue weighted by molar-refractivity contribution is 7.89. The molecule has 0 spiro atoms. The normalized spacial score (nSPS) is 13.8. The van der Waals surface area contributed by atoms with Crippen molar-refractivity contribution in [3.8, 4) is 0 Å². The van der Waals surface area contributed by atoms with Crippen LogP contribution in [-0.2, 0) is 27.7 Å². The van der Waals surface area contributed by atoms with Gasteiger partial charge in [0.2, 0.25) is 15.9 Å². The number of benzene rings is 1. The van der Waals surface area contributed by atoms with Gasteiger partial charge < -0.3 is 10.2 Å². The molecule has 0 saturated heterocycles. The lowest BCUT2D eigenvalue weighted by Gasteiger charge is -2.18. The Morgan fingerprint density at radius 1 is 1.44 bits per heavy atom. The summed E-state index contributed by atoms with van der Waals surface area (Å²) in [7, 11) is -3.71. The minimum atomic E-state index is -3.71. The highest BCUT2D eigenvalue weighted by Crippen LogP contribution is 2.30. The Bertz CT molecular complexity index is 921. The average Bonchev–Trinajstić information content (AvgIpc) is 3.09. The van der Waals surface area contributed by atoms with Gasteiger partial charge in [-0.05, 0) is 43.5 Å². The molecular formula is C16H20N4O3S2. The quantitative estimate of drug-likeness (QED) is 0.821. The number of nitrogens with two attached hydrogens (primary N) is 1. The maximum Gasteiger partial charge on any atom is 0.245 e. The lowest BCUT2D eigenvalue weighted by Crippen LogP contribution is -2.31. The van der Waals surface area contributed by atoms with Crippen molar-refractivity contribution < 1.29 is 13.2 Å². The number of aryl methyl sites for hydroxylation is 2. The van der Waals surface area contributed by atoms with Crippen molar-refractivity contribution in [2.24, 2.45) is 5.14 Å². The Morgan fingerprint density at radius 3 is 2.84 bits per heavy atom. The van der Waals surface area contributed by atoms with E-state index in [-0.39, 0.29) is 17.3 Å². The monoisotopic (exact) mass is 380 g/mol. The van der Waals surface area contributed by atoms with Crippen molar-refractivity contribution in [2.75, 3.05) is 23.3 Å². The number of anilines is 2. The molecule has 3 rings (SSSR count). The maximum absolute atomic E-state index is 12.3. The van der Waals surface area contributed by atoms with Crippen molar-refractivity contribution in [2.45, 2.75) is 31.6 Å². The minimum absolute atomic E-state index is 0.0999. The first-order valence-electron chi connectivity index (χ1n) is 7.94. The van der Waals surface area contributed by atoms with E-state index in [9.17, 15) is 13.2 Å². The SMILES string of the molecule is CCc1nc(NC(=O)CN2CCc3cc(S(N)(=O)=O)ccc32)sc1C. The lowest BCUT2D eigenvalue weighted by molar-refractivity contribution is -0.115. The molecule has 1 aromatic carbocycles. The number of rotatable bonds is 5. The number of carbonyl (C=O) groups excluding carboxylic acids is 1. The molecule has 7 nitrogen and oxygen atoms in total. The number of amides is 1. The Morgan fingerprint density at radius 2 is 2.20 bits per heavy atom. The molecule has 2 aromatic rings. The molecule has 0 aliphatic carbocycles. The molecule has 25 heavy (non-hydrogen) atoms. The number of nitrogens with zero attached hydrogens (tertiary/aromatic N) is 2. The fourth-order valence-electron chi connectivity index (χ4n) is 2.93. The fraction of sp³-hybridized carbons (Fsp3) is 0.375. The highest BCUT2D eigenvalue weighted by atomic mass is 32.2. The van der Waals surface area contributed by atoms with E-state index in [4.69, 9.17) is 5.14 Å². The van der Waals surface area contributed by atoms with Crippen molar-refractivity contribution in [1.29, 1.82) is 0 Å². The Balaban J connectivity index is 1.70. The van der Waals surface area contributed by atoms with Gasteiger partial charge in [0, 0.05) is 17.1 Å². The molecule has 0 atom stereocenters. The van der Waals surface area contributed by atoms with Gasteiger partial charge in [0.1, 0.15) is 0 Å². The van der Waals surface area contributed by atoms with E-state index in [0.29, 0.717) is 18.1 Å². The summed E-state index contributed by atoms with van der Waals surface area (Å²) >= 11 is 1.47. The first-order chi connectivity index (χ1) is 11.8. The van der Waals surface area contributed by atoms with Crippen molar-refractivity contribution >= 4 is 38.1 Å². The Kier molecular flexibility index (Phi) is 4.81. The fourth-order valence-corrected chi connectivity index (χ4v) is 4.41. The molecule has 134 valence electrons. The number of hydrogen-bond acceptors (Lipinski definition) is 6. The van der Waals surface area contributed by atoms with Gasteiger partial charge in [0.05, 0.1) is 17.1 Å². The molecule has 0 unspecified atom stereocenters. The predicted octanol–water partition coefficient (Wildman–Crippen LogP) is 1.66. The molecule has 1 amide bonds. The molecule has 0 fully saturated rings. The van der Waals surface area contributed by atoms with Gasteiger partial charge in [-0.15, -0.1) is 11.3 Å². The molecule has 2 heterocycles. The van der Waals surface area contributed by atoms with Crippen LogP contribution in [0, 0.1) is 6.92 Å². The van der Waals surface area contributed by atoms with Crippen LogP contribution in [0.15, 0.2) is 23.1 Å². The molecule has 1 aliphatic heterocycles. The summed E-state index contributed by atoms with van der Waals surface area (Å²) in [5.41, 5.74) is 2.76. The number of primary sulfonamides is 1. The summed E-state index contributed by atoms with van der Waals surface area (Å²) in [4.78, 5) is 19.9. The third-order valence-electron chi connectivity index (χ3n) is 4.18. The summed E-state index contributed by atoms with van der Waals surface area (Å²) < 4.78 is 22.9. The molecule has 0 bridgehead atoms. The molecule has 3 N–H and O–H groups in total. The zero-order chi connectivity index (χ0) is 18.2. The third kappa shape index (κ3) is 3.83. The van der Waals surface area contributed by atoms with Crippen LogP contribution in [0.4, 0.5) is 10.8 Å². The van der Waals surface area contributed by atoms with Crippen LogP contribution in [0.2, 0.25) is 0 Å². The van der Waals surface area contributed by atoms with E-state index >= 15 is 0 Å². The minimum Gasteiger partial charge on any atom is -0.362 e. The van der Waals surface area contributed by atoms with E-state index in [0.717, 1.165) is 28.2 Å². The predicted molar refractivity (Wildman–Crippen MR) is 98.6 cm³/mol. The number of hydrogen-bond donors (Lipinski definition) is 2. The number of thiazole rings is 1. The highest BCUT2D eigenvalue weighted by Gasteiger charge is 2.23. The molecular weight excluding hydrogens is 360 g/mol. The van der Waals surface area contributed by atoms with Crippen LogP contribution in [-0.4, -0.2) is 32.4 Å². The molecule has 0 radical (unpaired) electrons. The second-order valence-corrected chi connectivity index (χ2v) is 8.70. The molecule has 0 saturated carbocycles. The van der Waals surface area contributed by atoms with Gasteiger partial charge >= 0.3 is 0 Å². The summed E-state index contributed by atoms with van der Waals surface area (Å²) in [5, 5.41) is 8.62. The van der Waals surface area contributed by atoms with Gasteiger partial charge in [-0.3, -0.25) is 4.79 Å². The summed E-state index contributed by atoms with van der Waals surface area (Å²) in [6.07, 6.45) is 1.52. The van der Waals surface area contributed by atoms with Gasteiger partial charge in [0.15, 0.2) is 5.13 Å². The molecule has 1 aromatic heterocycles. The summed E-state index contributed by atoms with van der Waals surface area (Å²) in [5.74, 6) is -0.139. The van der Waals surface area contributed by atoms with Gasteiger partial charge in [-0.25, -0.2) is 18.5 Å². The summed E-state index contributed by atoms with van der Waals surface area (Å²) in [6, 6.07) is 4.76. The topological polar surface area (TPSA) is 105 Å². The number of aromatic nitrogens is 1. The second-order valence-electron chi connectivity index (χ2n) is 5.93. The number of sulfonamides is 1. The molecule has 1 aliphatic rings. The zero-order valence-electron chi connectivity index (χ0n) is 14.1. The van der Waals surface area contributed by atoms with E-state index in [1.165, 1.54) is 17.4 Å². The Labute approximate surface area is 150 Å². The Hall–Kier alpha value is -1.97. The first kappa shape index (κ1) is 17.8. The van der Waals surface area contributed by atoms with Crippen LogP contribution >= 0.6 is 11.3 Å². The maximum atomic E-state index is 12.3. The van der Waals surface area contributed by atoms with Gasteiger partial charge in [0.25, 0.3) is 0 Å². The van der Waals surface area contributed by atoms with Gasteiger partial charge in [-0.2, -0.15) is 0 Å². The average molecular weight is 380 g/mol. The second kappa shape index (κ2) is 6.74. The lowest BCUT2D eigenvalue weighted by atomic mass is 10.2. The number of carbonyl (C=O) groups is 1. The zero-order valence-corrected chi connectivity index (χ0v) is 15.7. The van der Waals surface area contributed by atoms with E-state index in [2.05, 4.69) is 10.3 Å². The largest absolute Gasteiger partial charge is 0.362 e. The molecule has 9 heteroatoms. The standard InChI is InChI=1S/C16H20N4O3S2/c1-3-13-10(2)24-16(18-13)19-15(21)9-20-7-6-11-8-12(25(17,22)23)4-5-14(11)20/h4-5,8H,3,6-7,9H2,1-2H3,(H2,17,22,23)(H,18,19,21). The van der Waals surface area contributed by atoms with E-state index < -0.39 is 10.0 Å². The van der Waals surface area contributed by atoms with Crippen LogP contribution in [0.3, 0.4) is 0 Å². The van der Waals surface area contributed by atoms with E-state index in [1.54, 1.807) is 12.1 Å². The van der Waals surface area contributed by atoms with Gasteiger partial charge in [-0.1, -0.05) is 6.92 Å². The summed E-state index contributed by atoms with van der Waals surface area (Å²) in [6.45, 7) is 4.88.